The van der Waals surface area contributed by atoms with Gasteiger partial charge in [-0.05, 0) is 44.9 Å². The zero-order chi connectivity index (χ0) is 38.4. The molecule has 0 saturated heterocycles. The number of rotatable bonds is 39. The van der Waals surface area contributed by atoms with Gasteiger partial charge >= 0.3 is 19.8 Å². The standard InChI is InChI=1S/C41H77O10P/c1-3-5-7-9-11-13-15-16-17-18-19-20-21-22-23-25-27-29-31-33-41(45)51-39(35-43)37-49-52(46,47)48-36-38(34-42)50-40(44)32-30-28-26-24-14-12-10-8-6-4-2/h11,13,16-17,38-39,42-43H,3-10,12,14-15,18-37H2,1-2H3,(H,46,47)/b13-11-,17-16-. The summed E-state index contributed by atoms with van der Waals surface area (Å²) < 4.78 is 32.5. The molecule has 0 radical (unpaired) electrons. The monoisotopic (exact) mass is 761 g/mol. The van der Waals surface area contributed by atoms with Gasteiger partial charge in [-0.15, -0.1) is 0 Å². The molecular weight excluding hydrogens is 683 g/mol. The molecule has 0 aliphatic carbocycles. The quantitative estimate of drug-likeness (QED) is 0.0239. The lowest BCUT2D eigenvalue weighted by atomic mass is 10.1. The summed E-state index contributed by atoms with van der Waals surface area (Å²) in [5.74, 6) is -1.02. The largest absolute Gasteiger partial charge is 0.472 e. The molecule has 0 aliphatic rings. The van der Waals surface area contributed by atoms with Crippen LogP contribution in [-0.2, 0) is 32.7 Å². The van der Waals surface area contributed by atoms with Gasteiger partial charge in [0.15, 0.2) is 0 Å². The van der Waals surface area contributed by atoms with Crippen molar-refractivity contribution in [2.24, 2.45) is 0 Å². The van der Waals surface area contributed by atoms with Crippen molar-refractivity contribution in [2.75, 3.05) is 26.4 Å². The molecule has 3 atom stereocenters. The third-order valence-electron chi connectivity index (χ3n) is 8.92. The Morgan fingerprint density at radius 2 is 0.846 bits per heavy atom. The topological polar surface area (TPSA) is 149 Å². The minimum Gasteiger partial charge on any atom is -0.457 e. The summed E-state index contributed by atoms with van der Waals surface area (Å²) in [6, 6.07) is 0. The molecule has 52 heavy (non-hydrogen) atoms. The summed E-state index contributed by atoms with van der Waals surface area (Å²) in [6.45, 7) is 2.16. The number of hydrogen-bond donors (Lipinski definition) is 3. The van der Waals surface area contributed by atoms with Gasteiger partial charge < -0.3 is 24.6 Å². The number of carbonyl (C=O) groups excluding carboxylic acids is 2. The van der Waals surface area contributed by atoms with E-state index in [2.05, 4.69) is 38.2 Å². The zero-order valence-corrected chi connectivity index (χ0v) is 33.9. The summed E-state index contributed by atoms with van der Waals surface area (Å²) in [5.41, 5.74) is 0. The van der Waals surface area contributed by atoms with Crippen LogP contribution in [0.3, 0.4) is 0 Å². The van der Waals surface area contributed by atoms with Gasteiger partial charge in [-0.25, -0.2) is 4.57 Å². The van der Waals surface area contributed by atoms with E-state index in [1.807, 2.05) is 0 Å². The van der Waals surface area contributed by atoms with Crippen LogP contribution in [-0.4, -0.2) is 65.7 Å². The van der Waals surface area contributed by atoms with Crippen LogP contribution in [0, 0.1) is 0 Å². The SMILES string of the molecule is CCCCC/C=C\C/C=C\CCCCCCCCCCCC(=O)OC(CO)COP(=O)(O)OCC(CO)OC(=O)CCCCCCCCCCCC. The van der Waals surface area contributed by atoms with Crippen LogP contribution in [0.5, 0.6) is 0 Å². The van der Waals surface area contributed by atoms with Gasteiger partial charge in [-0.3, -0.25) is 18.6 Å². The maximum absolute atomic E-state index is 12.3. The molecule has 0 bridgehead atoms. The van der Waals surface area contributed by atoms with Crippen molar-refractivity contribution < 1.29 is 47.8 Å². The van der Waals surface area contributed by atoms with Crippen LogP contribution in [0.15, 0.2) is 24.3 Å². The van der Waals surface area contributed by atoms with Crippen LogP contribution in [0.4, 0.5) is 0 Å². The first-order chi connectivity index (χ1) is 25.3. The highest BCUT2D eigenvalue weighted by Gasteiger charge is 2.27. The Morgan fingerprint density at radius 1 is 0.519 bits per heavy atom. The second-order valence-electron chi connectivity index (χ2n) is 14.0. The summed E-state index contributed by atoms with van der Waals surface area (Å²) >= 11 is 0. The molecule has 0 aromatic heterocycles. The van der Waals surface area contributed by atoms with Crippen LogP contribution >= 0.6 is 7.82 Å². The van der Waals surface area contributed by atoms with E-state index in [1.165, 1.54) is 96.3 Å². The lowest BCUT2D eigenvalue weighted by molar-refractivity contribution is -0.153. The van der Waals surface area contributed by atoms with Crippen LogP contribution < -0.4 is 0 Å². The predicted octanol–water partition coefficient (Wildman–Crippen LogP) is 10.6. The molecule has 0 saturated carbocycles. The van der Waals surface area contributed by atoms with Gasteiger partial charge in [-0.2, -0.15) is 0 Å². The predicted molar refractivity (Wildman–Crippen MR) is 210 cm³/mol. The molecule has 10 nitrogen and oxygen atoms in total. The minimum atomic E-state index is -4.63. The molecule has 0 fully saturated rings. The third-order valence-corrected chi connectivity index (χ3v) is 9.87. The number of unbranched alkanes of at least 4 members (excludes halogenated alkanes) is 21. The molecule has 3 unspecified atom stereocenters. The molecule has 0 rings (SSSR count). The van der Waals surface area contributed by atoms with E-state index in [9.17, 15) is 29.3 Å². The highest BCUT2D eigenvalue weighted by atomic mass is 31.2. The van der Waals surface area contributed by atoms with E-state index in [-0.39, 0.29) is 12.8 Å². The molecule has 11 heteroatoms. The maximum Gasteiger partial charge on any atom is 0.472 e. The zero-order valence-electron chi connectivity index (χ0n) is 33.0. The molecule has 306 valence electrons. The van der Waals surface area contributed by atoms with Gasteiger partial charge in [-0.1, -0.05) is 154 Å². The number of carbonyl (C=O) groups is 2. The van der Waals surface area contributed by atoms with E-state index in [1.54, 1.807) is 0 Å². The fourth-order valence-electron chi connectivity index (χ4n) is 5.67. The highest BCUT2D eigenvalue weighted by Crippen LogP contribution is 2.43. The second-order valence-corrected chi connectivity index (χ2v) is 15.4. The van der Waals surface area contributed by atoms with E-state index in [4.69, 9.17) is 18.5 Å². The molecule has 0 heterocycles. The van der Waals surface area contributed by atoms with Crippen LogP contribution in [0.1, 0.15) is 187 Å². The molecule has 0 amide bonds. The Bertz CT molecular complexity index is 925. The number of allylic oxidation sites excluding steroid dienone is 4. The Kier molecular flexibility index (Phi) is 36.6. The van der Waals surface area contributed by atoms with Gasteiger partial charge in [0.05, 0.1) is 26.4 Å². The maximum atomic E-state index is 12.3. The number of phosphoric acid groups is 1. The van der Waals surface area contributed by atoms with Gasteiger partial charge in [0.25, 0.3) is 0 Å². The smallest absolute Gasteiger partial charge is 0.457 e. The van der Waals surface area contributed by atoms with Gasteiger partial charge in [0.2, 0.25) is 0 Å². The first kappa shape index (κ1) is 50.5. The Hall–Kier alpha value is -1.55. The second kappa shape index (κ2) is 37.8. The number of aliphatic hydroxyl groups is 2. The summed E-state index contributed by atoms with van der Waals surface area (Å²) in [5, 5.41) is 19.1. The van der Waals surface area contributed by atoms with Crippen molar-refractivity contribution in [1.29, 1.82) is 0 Å². The molecule has 0 aromatic carbocycles. The van der Waals surface area contributed by atoms with Crippen molar-refractivity contribution in [3.63, 3.8) is 0 Å². The van der Waals surface area contributed by atoms with E-state index >= 15 is 0 Å². The van der Waals surface area contributed by atoms with E-state index in [0.29, 0.717) is 12.8 Å². The van der Waals surface area contributed by atoms with Crippen molar-refractivity contribution in [3.05, 3.63) is 24.3 Å². The summed E-state index contributed by atoms with van der Waals surface area (Å²) in [6.07, 6.45) is 35.8. The van der Waals surface area contributed by atoms with E-state index in [0.717, 1.165) is 51.4 Å². The molecular formula is C41H77O10P. The van der Waals surface area contributed by atoms with Gasteiger partial charge in [0, 0.05) is 12.8 Å². The minimum absolute atomic E-state index is 0.189. The first-order valence-corrected chi connectivity index (χ1v) is 22.3. The van der Waals surface area contributed by atoms with Crippen molar-refractivity contribution in [2.45, 2.75) is 199 Å². The third kappa shape index (κ3) is 35.5. The number of esters is 2. The van der Waals surface area contributed by atoms with Crippen LogP contribution in [0.2, 0.25) is 0 Å². The van der Waals surface area contributed by atoms with Crippen LogP contribution in [0.25, 0.3) is 0 Å². The first-order valence-electron chi connectivity index (χ1n) is 20.8. The average Bonchev–Trinajstić information content (AvgIpc) is 3.13. The number of hydrogen-bond acceptors (Lipinski definition) is 9. The number of aliphatic hydroxyl groups excluding tert-OH is 2. The lowest BCUT2D eigenvalue weighted by Gasteiger charge is -2.20. The summed E-state index contributed by atoms with van der Waals surface area (Å²) in [7, 11) is -4.63. The molecule has 0 aromatic rings. The summed E-state index contributed by atoms with van der Waals surface area (Å²) in [4.78, 5) is 34.4. The normalized spacial score (nSPS) is 14.2. The van der Waals surface area contributed by atoms with Gasteiger partial charge in [0.1, 0.15) is 12.2 Å². The fraction of sp³-hybridized carbons (Fsp3) is 0.854. The van der Waals surface area contributed by atoms with E-state index < -0.39 is 58.4 Å². The average molecular weight is 761 g/mol. The Labute approximate surface area is 317 Å². The van der Waals surface area contributed by atoms with Crippen molar-refractivity contribution in [1.82, 2.24) is 0 Å². The Morgan fingerprint density at radius 3 is 1.23 bits per heavy atom. The molecule has 0 aliphatic heterocycles. The van der Waals surface area contributed by atoms with Crippen molar-refractivity contribution in [3.8, 4) is 0 Å². The lowest BCUT2D eigenvalue weighted by Crippen LogP contribution is -2.28. The number of ether oxygens (including phenoxy) is 2. The molecule has 0 spiro atoms. The van der Waals surface area contributed by atoms with Crippen molar-refractivity contribution >= 4 is 19.8 Å². The molecule has 3 N–H and O–H groups in total. The number of phosphoric ester groups is 1. The Balaban J connectivity index is 3.91. The fourth-order valence-corrected chi connectivity index (χ4v) is 6.46. The highest BCUT2D eigenvalue weighted by molar-refractivity contribution is 7.47.